The Bertz CT molecular complexity index is 928. The van der Waals surface area contributed by atoms with E-state index in [-0.39, 0.29) is 5.91 Å². The van der Waals surface area contributed by atoms with Crippen molar-refractivity contribution in [3.05, 3.63) is 66.4 Å². The van der Waals surface area contributed by atoms with Crippen LogP contribution in [0.3, 0.4) is 0 Å². The summed E-state index contributed by atoms with van der Waals surface area (Å²) < 4.78 is 7.09. The SMILES string of the molecule is COc1ccc(-c2cc(C(=O)N(C)CC3CC3)nn2-c2ccccc2)cc1. The van der Waals surface area contributed by atoms with Crippen LogP contribution in [0.1, 0.15) is 23.3 Å². The maximum absolute atomic E-state index is 12.9. The van der Waals surface area contributed by atoms with Crippen molar-refractivity contribution in [3.63, 3.8) is 0 Å². The van der Waals surface area contributed by atoms with E-state index in [1.807, 2.05) is 72.4 Å². The van der Waals surface area contributed by atoms with Crippen LogP contribution in [0.25, 0.3) is 16.9 Å². The summed E-state index contributed by atoms with van der Waals surface area (Å²) in [5.41, 5.74) is 3.25. The highest BCUT2D eigenvalue weighted by atomic mass is 16.5. The minimum Gasteiger partial charge on any atom is -0.497 e. The standard InChI is InChI=1S/C22H23N3O2/c1-24(15-16-8-9-16)22(26)20-14-21(17-10-12-19(27-2)13-11-17)25(23-20)18-6-4-3-5-7-18/h3-7,10-14,16H,8-9,15H2,1-2H3. The Labute approximate surface area is 159 Å². The molecule has 2 aromatic carbocycles. The molecule has 0 spiro atoms. The van der Waals surface area contributed by atoms with Crippen LogP contribution >= 0.6 is 0 Å². The number of ether oxygens (including phenoxy) is 1. The zero-order valence-electron chi connectivity index (χ0n) is 15.6. The number of hydrogen-bond acceptors (Lipinski definition) is 3. The third-order valence-electron chi connectivity index (χ3n) is 4.89. The van der Waals surface area contributed by atoms with Crippen LogP contribution in [0, 0.1) is 5.92 Å². The first-order chi connectivity index (χ1) is 13.2. The van der Waals surface area contributed by atoms with Gasteiger partial charge in [0.15, 0.2) is 5.69 Å². The Morgan fingerprint density at radius 1 is 1.15 bits per heavy atom. The largest absolute Gasteiger partial charge is 0.497 e. The Kier molecular flexibility index (Phi) is 4.67. The zero-order chi connectivity index (χ0) is 18.8. The second-order valence-corrected chi connectivity index (χ2v) is 7.02. The number of para-hydroxylation sites is 1. The van der Waals surface area contributed by atoms with E-state index >= 15 is 0 Å². The van der Waals surface area contributed by atoms with Crippen LogP contribution in [-0.4, -0.2) is 41.3 Å². The van der Waals surface area contributed by atoms with Gasteiger partial charge in [-0.3, -0.25) is 4.79 Å². The number of benzene rings is 2. The Hall–Kier alpha value is -3.08. The number of nitrogens with zero attached hydrogens (tertiary/aromatic N) is 3. The van der Waals surface area contributed by atoms with Crippen LogP contribution in [0.2, 0.25) is 0 Å². The van der Waals surface area contributed by atoms with E-state index in [4.69, 9.17) is 4.74 Å². The van der Waals surface area contributed by atoms with Gasteiger partial charge >= 0.3 is 0 Å². The molecule has 5 heteroatoms. The van der Waals surface area contributed by atoms with Crippen LogP contribution in [-0.2, 0) is 0 Å². The molecular weight excluding hydrogens is 338 g/mol. The zero-order valence-corrected chi connectivity index (χ0v) is 15.6. The van der Waals surface area contributed by atoms with E-state index in [1.54, 1.807) is 12.0 Å². The molecule has 1 saturated carbocycles. The van der Waals surface area contributed by atoms with Crippen molar-refractivity contribution in [3.8, 4) is 22.7 Å². The van der Waals surface area contributed by atoms with Crippen molar-refractivity contribution in [1.82, 2.24) is 14.7 Å². The predicted octanol–water partition coefficient (Wildman–Crippen LogP) is 4.03. The molecule has 5 nitrogen and oxygen atoms in total. The highest BCUT2D eigenvalue weighted by Gasteiger charge is 2.27. The molecule has 1 fully saturated rings. The number of carbonyl (C=O) groups is 1. The Balaban J connectivity index is 1.73. The van der Waals surface area contributed by atoms with Crippen molar-refractivity contribution in [2.45, 2.75) is 12.8 Å². The smallest absolute Gasteiger partial charge is 0.274 e. The van der Waals surface area contributed by atoms with Gasteiger partial charge in [-0.2, -0.15) is 5.10 Å². The summed E-state index contributed by atoms with van der Waals surface area (Å²) in [4.78, 5) is 14.7. The summed E-state index contributed by atoms with van der Waals surface area (Å²) in [6.45, 7) is 0.800. The molecule has 0 bridgehead atoms. The van der Waals surface area contributed by atoms with Gasteiger partial charge < -0.3 is 9.64 Å². The van der Waals surface area contributed by atoms with E-state index in [9.17, 15) is 4.79 Å². The number of methoxy groups -OCH3 is 1. The van der Waals surface area contributed by atoms with Crippen molar-refractivity contribution in [2.75, 3.05) is 20.7 Å². The minimum absolute atomic E-state index is 0.0358. The van der Waals surface area contributed by atoms with E-state index in [0.29, 0.717) is 11.6 Å². The topological polar surface area (TPSA) is 47.4 Å². The molecule has 138 valence electrons. The first kappa shape index (κ1) is 17.3. The molecule has 1 amide bonds. The van der Waals surface area contributed by atoms with E-state index in [0.717, 1.165) is 29.2 Å². The predicted molar refractivity (Wildman–Crippen MR) is 105 cm³/mol. The minimum atomic E-state index is -0.0358. The molecule has 0 aliphatic heterocycles. The molecule has 1 aliphatic rings. The lowest BCUT2D eigenvalue weighted by Crippen LogP contribution is -2.29. The summed E-state index contributed by atoms with van der Waals surface area (Å²) in [6.07, 6.45) is 2.43. The molecular formula is C22H23N3O2. The number of amides is 1. The molecule has 1 heterocycles. The second-order valence-electron chi connectivity index (χ2n) is 7.02. The summed E-state index contributed by atoms with van der Waals surface area (Å²) in [7, 11) is 3.50. The summed E-state index contributed by atoms with van der Waals surface area (Å²) in [5, 5.41) is 4.64. The molecule has 27 heavy (non-hydrogen) atoms. The lowest BCUT2D eigenvalue weighted by Gasteiger charge is -2.14. The average Bonchev–Trinajstić information content (AvgIpc) is 3.42. The first-order valence-corrected chi connectivity index (χ1v) is 9.21. The van der Waals surface area contributed by atoms with E-state index < -0.39 is 0 Å². The number of rotatable bonds is 6. The molecule has 3 aromatic rings. The van der Waals surface area contributed by atoms with E-state index in [1.165, 1.54) is 12.8 Å². The quantitative estimate of drug-likeness (QED) is 0.666. The lowest BCUT2D eigenvalue weighted by molar-refractivity contribution is 0.0782. The van der Waals surface area contributed by atoms with Gasteiger partial charge in [0.1, 0.15) is 5.75 Å². The molecule has 0 saturated heterocycles. The lowest BCUT2D eigenvalue weighted by atomic mass is 10.1. The van der Waals surface area contributed by atoms with Gasteiger partial charge in [0, 0.05) is 19.2 Å². The molecule has 4 rings (SSSR count). The van der Waals surface area contributed by atoms with Gasteiger partial charge in [-0.05, 0) is 61.2 Å². The van der Waals surface area contributed by atoms with Crippen LogP contribution in [0.4, 0.5) is 0 Å². The Morgan fingerprint density at radius 2 is 1.85 bits per heavy atom. The van der Waals surface area contributed by atoms with Gasteiger partial charge in [0.25, 0.3) is 5.91 Å². The molecule has 0 atom stereocenters. The number of hydrogen-bond donors (Lipinski definition) is 0. The molecule has 1 aliphatic carbocycles. The van der Waals surface area contributed by atoms with Crippen molar-refractivity contribution in [2.24, 2.45) is 5.92 Å². The van der Waals surface area contributed by atoms with Crippen molar-refractivity contribution in [1.29, 1.82) is 0 Å². The first-order valence-electron chi connectivity index (χ1n) is 9.21. The van der Waals surface area contributed by atoms with Crippen molar-refractivity contribution < 1.29 is 9.53 Å². The van der Waals surface area contributed by atoms with Gasteiger partial charge in [0.2, 0.25) is 0 Å². The van der Waals surface area contributed by atoms with Crippen molar-refractivity contribution >= 4 is 5.91 Å². The van der Waals surface area contributed by atoms with Gasteiger partial charge in [-0.25, -0.2) is 4.68 Å². The fourth-order valence-electron chi connectivity index (χ4n) is 3.19. The fourth-order valence-corrected chi connectivity index (χ4v) is 3.19. The molecule has 0 unspecified atom stereocenters. The second kappa shape index (κ2) is 7.27. The highest BCUT2D eigenvalue weighted by Crippen LogP contribution is 2.30. The van der Waals surface area contributed by atoms with E-state index in [2.05, 4.69) is 5.10 Å². The van der Waals surface area contributed by atoms with Crippen LogP contribution in [0.5, 0.6) is 5.75 Å². The normalized spacial score (nSPS) is 13.4. The van der Waals surface area contributed by atoms with Gasteiger partial charge in [-0.1, -0.05) is 18.2 Å². The summed E-state index contributed by atoms with van der Waals surface area (Å²) in [5.74, 6) is 1.41. The molecule has 0 radical (unpaired) electrons. The number of aromatic nitrogens is 2. The fraction of sp³-hybridized carbons (Fsp3) is 0.273. The maximum atomic E-state index is 12.9. The van der Waals surface area contributed by atoms with Gasteiger partial charge in [-0.15, -0.1) is 0 Å². The molecule has 1 aromatic heterocycles. The molecule has 0 N–H and O–H groups in total. The number of carbonyl (C=O) groups excluding carboxylic acids is 1. The average molecular weight is 361 g/mol. The summed E-state index contributed by atoms with van der Waals surface area (Å²) >= 11 is 0. The Morgan fingerprint density at radius 3 is 2.48 bits per heavy atom. The maximum Gasteiger partial charge on any atom is 0.274 e. The van der Waals surface area contributed by atoms with Gasteiger partial charge in [0.05, 0.1) is 18.5 Å². The summed E-state index contributed by atoms with van der Waals surface area (Å²) in [6, 6.07) is 19.6. The third kappa shape index (κ3) is 3.72. The van der Waals surface area contributed by atoms with Crippen LogP contribution < -0.4 is 4.74 Å². The monoisotopic (exact) mass is 361 g/mol. The van der Waals surface area contributed by atoms with Crippen LogP contribution in [0.15, 0.2) is 60.7 Å². The highest BCUT2D eigenvalue weighted by molar-refractivity contribution is 5.93. The third-order valence-corrected chi connectivity index (χ3v) is 4.89.